The SMILES string of the molecule is C=CCN1CC[C@]23c4c5ccc(O)c4O[C@H]2[C@H](NS(=O)(=O)Cc2ccccc2CC(C)C)CC[C@@]3(O)[C@H]1C5. The fourth-order valence-corrected chi connectivity index (χ4v) is 9.43. The maximum absolute atomic E-state index is 13.6. The number of ether oxygens (including phenoxy) is 1. The van der Waals surface area contributed by atoms with Crippen molar-refractivity contribution >= 4 is 10.0 Å². The molecule has 2 fully saturated rings. The van der Waals surface area contributed by atoms with E-state index in [4.69, 9.17) is 4.74 Å². The van der Waals surface area contributed by atoms with Gasteiger partial charge in [0.05, 0.1) is 22.8 Å². The van der Waals surface area contributed by atoms with E-state index in [1.165, 1.54) is 0 Å². The molecular formula is C30H38N2O5S. The van der Waals surface area contributed by atoms with Crippen molar-refractivity contribution in [2.75, 3.05) is 13.1 Å². The van der Waals surface area contributed by atoms with E-state index in [1.54, 1.807) is 6.07 Å². The summed E-state index contributed by atoms with van der Waals surface area (Å²) in [4.78, 5) is 2.29. The molecule has 5 atom stereocenters. The minimum Gasteiger partial charge on any atom is -0.504 e. The number of aromatic hydroxyl groups is 1. The van der Waals surface area contributed by atoms with Crippen molar-refractivity contribution in [3.63, 3.8) is 0 Å². The monoisotopic (exact) mass is 538 g/mol. The molecule has 0 aromatic heterocycles. The number of piperidine rings is 1. The molecule has 2 aliphatic carbocycles. The summed E-state index contributed by atoms with van der Waals surface area (Å²) in [6, 6.07) is 10.7. The van der Waals surface area contributed by atoms with Crippen molar-refractivity contribution in [3.05, 3.63) is 71.3 Å². The number of nitrogens with one attached hydrogen (secondary N) is 1. The van der Waals surface area contributed by atoms with Crippen LogP contribution in [0.5, 0.6) is 11.5 Å². The normalized spacial score (nSPS) is 31.6. The summed E-state index contributed by atoms with van der Waals surface area (Å²) in [5, 5.41) is 23.2. The molecule has 3 N–H and O–H groups in total. The summed E-state index contributed by atoms with van der Waals surface area (Å²) < 4.78 is 36.6. The van der Waals surface area contributed by atoms with Gasteiger partial charge in [-0.1, -0.05) is 50.3 Å². The molecule has 0 amide bonds. The van der Waals surface area contributed by atoms with Crippen molar-refractivity contribution < 1.29 is 23.4 Å². The molecule has 2 aliphatic heterocycles. The zero-order chi connectivity index (χ0) is 26.9. The van der Waals surface area contributed by atoms with Crippen molar-refractivity contribution in [1.29, 1.82) is 0 Å². The van der Waals surface area contributed by atoms with Gasteiger partial charge >= 0.3 is 0 Å². The van der Waals surface area contributed by atoms with E-state index >= 15 is 0 Å². The minimum absolute atomic E-state index is 0.0473. The molecule has 1 saturated heterocycles. The number of benzene rings is 2. The Bertz CT molecular complexity index is 1370. The number of nitrogens with zero attached hydrogens (tertiary/aromatic N) is 1. The number of phenols is 1. The molecule has 4 aliphatic rings. The van der Waals surface area contributed by atoms with Gasteiger partial charge in [0.2, 0.25) is 10.0 Å². The van der Waals surface area contributed by atoms with Gasteiger partial charge in [-0.2, -0.15) is 0 Å². The van der Waals surface area contributed by atoms with Crippen LogP contribution in [0.2, 0.25) is 0 Å². The molecule has 8 heteroatoms. The predicted octanol–water partition coefficient (Wildman–Crippen LogP) is 3.42. The van der Waals surface area contributed by atoms with Crippen LogP contribution < -0.4 is 9.46 Å². The van der Waals surface area contributed by atoms with Crippen LogP contribution in [0.3, 0.4) is 0 Å². The van der Waals surface area contributed by atoms with Gasteiger partial charge in [0, 0.05) is 18.2 Å². The molecule has 6 rings (SSSR count). The topological polar surface area (TPSA) is 99.1 Å². The van der Waals surface area contributed by atoms with Gasteiger partial charge in [-0.3, -0.25) is 4.90 Å². The van der Waals surface area contributed by atoms with Gasteiger partial charge in [-0.15, -0.1) is 6.58 Å². The van der Waals surface area contributed by atoms with Gasteiger partial charge in [0.15, 0.2) is 11.5 Å². The predicted molar refractivity (Wildman–Crippen MR) is 147 cm³/mol. The fraction of sp³-hybridized carbons (Fsp3) is 0.533. The summed E-state index contributed by atoms with van der Waals surface area (Å²) in [6.45, 7) is 9.60. The van der Waals surface area contributed by atoms with Crippen LogP contribution in [0, 0.1) is 5.92 Å². The molecule has 2 heterocycles. The van der Waals surface area contributed by atoms with E-state index in [1.807, 2.05) is 36.4 Å². The number of rotatable bonds is 8. The average Bonchev–Trinajstić information content (AvgIpc) is 3.21. The highest BCUT2D eigenvalue weighted by Crippen LogP contribution is 2.65. The summed E-state index contributed by atoms with van der Waals surface area (Å²) in [6.07, 6.45) is 4.29. The number of aliphatic hydroxyl groups is 1. The zero-order valence-corrected chi connectivity index (χ0v) is 23.0. The standard InChI is InChI=1S/C30H38N2O5S/c1-4-14-32-15-13-29-26-21-9-10-24(33)27(26)37-28(29)23(11-12-30(29,34)25(32)17-21)31-38(35,36)18-22-8-6-5-7-20(22)16-19(2)3/h4-10,19,23,25,28,31,33-34H,1,11-18H2,2-3H3/t23-,25-,28+,29+,30-/m1/s1. The van der Waals surface area contributed by atoms with E-state index in [9.17, 15) is 18.6 Å². The summed E-state index contributed by atoms with van der Waals surface area (Å²) in [7, 11) is -3.71. The molecule has 2 aromatic rings. The Kier molecular flexibility index (Phi) is 6.18. The summed E-state index contributed by atoms with van der Waals surface area (Å²) >= 11 is 0. The maximum Gasteiger partial charge on any atom is 0.216 e. The Hall–Kier alpha value is -2.39. The molecule has 0 unspecified atom stereocenters. The molecule has 38 heavy (non-hydrogen) atoms. The zero-order valence-electron chi connectivity index (χ0n) is 22.2. The van der Waals surface area contributed by atoms with Crippen molar-refractivity contribution in [2.45, 2.75) is 80.9 Å². The van der Waals surface area contributed by atoms with Crippen molar-refractivity contribution in [2.24, 2.45) is 5.92 Å². The van der Waals surface area contributed by atoms with Gasteiger partial charge in [-0.05, 0) is 67.3 Å². The Balaban J connectivity index is 1.36. The van der Waals surface area contributed by atoms with Crippen LogP contribution in [0.25, 0.3) is 0 Å². The summed E-state index contributed by atoms with van der Waals surface area (Å²) in [5.41, 5.74) is 1.94. The van der Waals surface area contributed by atoms with E-state index in [-0.39, 0.29) is 17.5 Å². The maximum atomic E-state index is 13.6. The van der Waals surface area contributed by atoms with Crippen molar-refractivity contribution in [1.82, 2.24) is 9.62 Å². The Morgan fingerprint density at radius 2 is 1.97 bits per heavy atom. The second-order valence-corrected chi connectivity index (χ2v) is 13.8. The second kappa shape index (κ2) is 9.08. The van der Waals surface area contributed by atoms with Crippen LogP contribution in [-0.4, -0.2) is 60.4 Å². The first-order chi connectivity index (χ1) is 18.1. The highest BCUT2D eigenvalue weighted by atomic mass is 32.2. The smallest absolute Gasteiger partial charge is 0.216 e. The van der Waals surface area contributed by atoms with Gasteiger partial charge in [-0.25, -0.2) is 13.1 Å². The largest absolute Gasteiger partial charge is 0.504 e. The molecule has 7 nitrogen and oxygen atoms in total. The lowest BCUT2D eigenvalue weighted by atomic mass is 9.48. The molecule has 1 spiro atoms. The lowest BCUT2D eigenvalue weighted by Gasteiger charge is -2.64. The van der Waals surface area contributed by atoms with Gasteiger partial charge < -0.3 is 14.9 Å². The Morgan fingerprint density at radius 1 is 1.21 bits per heavy atom. The molecular weight excluding hydrogens is 500 g/mol. The van der Waals surface area contributed by atoms with Crippen LogP contribution in [-0.2, 0) is 34.0 Å². The Morgan fingerprint density at radius 3 is 2.71 bits per heavy atom. The third-order valence-corrected chi connectivity index (χ3v) is 10.7. The quantitative estimate of drug-likeness (QED) is 0.446. The van der Waals surface area contributed by atoms with Crippen molar-refractivity contribution in [3.8, 4) is 11.5 Å². The summed E-state index contributed by atoms with van der Waals surface area (Å²) in [5.74, 6) is 0.775. The van der Waals surface area contributed by atoms with E-state index in [2.05, 4.69) is 30.0 Å². The molecule has 1 saturated carbocycles. The van der Waals surface area contributed by atoms with Crippen LogP contribution in [0.1, 0.15) is 55.4 Å². The number of likely N-dealkylation sites (tertiary alicyclic amines) is 1. The average molecular weight is 539 g/mol. The first kappa shape index (κ1) is 25.9. The number of phenolic OH excluding ortho intramolecular Hbond substituents is 1. The Labute approximate surface area is 225 Å². The molecule has 204 valence electrons. The highest BCUT2D eigenvalue weighted by Gasteiger charge is 2.73. The third-order valence-electron chi connectivity index (χ3n) is 9.36. The number of hydrogen-bond acceptors (Lipinski definition) is 6. The number of hydrogen-bond donors (Lipinski definition) is 3. The first-order valence-electron chi connectivity index (χ1n) is 13.8. The molecule has 2 aromatic carbocycles. The van der Waals surface area contributed by atoms with Crippen LogP contribution in [0.15, 0.2) is 49.1 Å². The highest BCUT2D eigenvalue weighted by molar-refractivity contribution is 7.88. The van der Waals surface area contributed by atoms with Gasteiger partial charge in [0.25, 0.3) is 0 Å². The van der Waals surface area contributed by atoms with Crippen LogP contribution >= 0.6 is 0 Å². The van der Waals surface area contributed by atoms with E-state index in [0.717, 1.165) is 35.2 Å². The lowest BCUT2D eigenvalue weighted by molar-refractivity contribution is -0.188. The third kappa shape index (κ3) is 3.75. The van der Waals surface area contributed by atoms with E-state index in [0.29, 0.717) is 43.9 Å². The molecule has 2 bridgehead atoms. The lowest BCUT2D eigenvalue weighted by Crippen LogP contribution is -2.78. The van der Waals surface area contributed by atoms with Gasteiger partial charge in [0.1, 0.15) is 6.10 Å². The second-order valence-electron chi connectivity index (χ2n) is 12.0. The molecule has 0 radical (unpaired) electrons. The first-order valence-corrected chi connectivity index (χ1v) is 15.4. The minimum atomic E-state index is -3.71. The van der Waals surface area contributed by atoms with Crippen LogP contribution in [0.4, 0.5) is 0 Å². The van der Waals surface area contributed by atoms with E-state index < -0.39 is 33.2 Å². The number of sulfonamides is 1. The fourth-order valence-electron chi connectivity index (χ4n) is 7.95.